The number of rotatable bonds is 18. The van der Waals surface area contributed by atoms with E-state index in [1.54, 1.807) is 0 Å². The summed E-state index contributed by atoms with van der Waals surface area (Å²) in [6, 6.07) is 15.4. The van der Waals surface area contributed by atoms with Crippen molar-refractivity contribution in [1.29, 1.82) is 0 Å². The monoisotopic (exact) mass is 662 g/mol. The highest BCUT2D eigenvalue weighted by Crippen LogP contribution is 2.44. The number of carbonyl (C=O) groups excluding carboxylic acids is 1. The maximum absolute atomic E-state index is 12.0. The van der Waals surface area contributed by atoms with Crippen LogP contribution in [0.4, 0.5) is 0 Å². The van der Waals surface area contributed by atoms with E-state index >= 15 is 0 Å². The molecule has 8 nitrogen and oxygen atoms in total. The first-order valence-electron chi connectivity index (χ1n) is 17.9. The van der Waals surface area contributed by atoms with E-state index in [0.717, 1.165) is 37.2 Å². The van der Waals surface area contributed by atoms with Gasteiger partial charge < -0.3 is 33.9 Å². The number of aliphatic hydroxyl groups excluding tert-OH is 2. The van der Waals surface area contributed by atoms with E-state index in [9.17, 15) is 9.90 Å². The predicted octanol–water partition coefficient (Wildman–Crippen LogP) is 8.04. The Morgan fingerprint density at radius 3 is 1.92 bits per heavy atom. The van der Waals surface area contributed by atoms with Crippen LogP contribution < -0.4 is 9.47 Å². The topological polar surface area (TPSA) is 107 Å². The minimum atomic E-state index is -1.03. The van der Waals surface area contributed by atoms with Gasteiger partial charge in [-0.05, 0) is 104 Å². The third-order valence-corrected chi connectivity index (χ3v) is 10.6. The average Bonchev–Trinajstić information content (AvgIpc) is 3.93. The molecule has 0 amide bonds. The number of benzene rings is 2. The van der Waals surface area contributed by atoms with E-state index < -0.39 is 18.4 Å². The Morgan fingerprint density at radius 1 is 0.792 bits per heavy atom. The molecular weight excluding hydrogens is 608 g/mol. The Hall–Kier alpha value is -3.17. The molecule has 1 unspecified atom stereocenters. The van der Waals surface area contributed by atoms with Crippen molar-refractivity contribution in [3.63, 3.8) is 0 Å². The van der Waals surface area contributed by atoms with Crippen molar-refractivity contribution in [2.75, 3.05) is 33.4 Å². The largest absolute Gasteiger partial charge is 0.464 e. The van der Waals surface area contributed by atoms with Crippen molar-refractivity contribution in [3.8, 4) is 11.5 Å². The van der Waals surface area contributed by atoms with Crippen LogP contribution >= 0.6 is 0 Å². The van der Waals surface area contributed by atoms with Gasteiger partial charge in [-0.25, -0.2) is 4.79 Å². The molecule has 0 bridgehead atoms. The van der Waals surface area contributed by atoms with Crippen LogP contribution in [0.15, 0.2) is 66.8 Å². The van der Waals surface area contributed by atoms with Gasteiger partial charge in [0.1, 0.15) is 6.61 Å². The van der Waals surface area contributed by atoms with Crippen molar-refractivity contribution in [1.82, 2.24) is 0 Å². The first-order valence-corrected chi connectivity index (χ1v) is 17.9. The molecule has 8 heteroatoms. The zero-order chi connectivity index (χ0) is 33.9. The maximum atomic E-state index is 12.0. The Morgan fingerprint density at radius 2 is 1.35 bits per heavy atom. The molecule has 3 aliphatic rings. The van der Waals surface area contributed by atoms with Gasteiger partial charge in [0.05, 0.1) is 18.8 Å². The third kappa shape index (κ3) is 9.50. The van der Waals surface area contributed by atoms with Crippen LogP contribution in [0.3, 0.4) is 0 Å². The molecular formula is C40H54O8. The van der Waals surface area contributed by atoms with Gasteiger partial charge in [0.2, 0.25) is 12.6 Å². The van der Waals surface area contributed by atoms with Gasteiger partial charge in [-0.3, -0.25) is 0 Å². The molecule has 0 spiro atoms. The second-order valence-corrected chi connectivity index (χ2v) is 13.8. The number of aliphatic hydroxyl groups is 2. The summed E-state index contributed by atoms with van der Waals surface area (Å²) in [5.41, 5.74) is 4.48. The molecule has 48 heavy (non-hydrogen) atoms. The second kappa shape index (κ2) is 17.5. The fourth-order valence-electron chi connectivity index (χ4n) is 7.36. The van der Waals surface area contributed by atoms with Gasteiger partial charge in [-0.2, -0.15) is 0 Å². The molecule has 1 atom stereocenters. The normalized spacial score (nSPS) is 25.2. The maximum Gasteiger partial charge on any atom is 0.338 e. The first kappa shape index (κ1) is 36.1. The van der Waals surface area contributed by atoms with Crippen LogP contribution in [0, 0.1) is 5.92 Å². The zero-order valence-electron chi connectivity index (χ0n) is 28.6. The molecule has 1 saturated heterocycles. The number of hydrogen-bond acceptors (Lipinski definition) is 8. The molecule has 262 valence electrons. The number of unbranched alkanes of at least 4 members (excludes halogenated alkanes) is 2. The van der Waals surface area contributed by atoms with Crippen LogP contribution in [-0.4, -0.2) is 55.4 Å². The molecule has 1 aliphatic heterocycles. The minimum Gasteiger partial charge on any atom is -0.464 e. The molecule has 2 N–H and O–H groups in total. The van der Waals surface area contributed by atoms with Gasteiger partial charge in [-0.1, -0.05) is 76.1 Å². The lowest BCUT2D eigenvalue weighted by Gasteiger charge is -2.31. The summed E-state index contributed by atoms with van der Waals surface area (Å²) < 4.78 is 27.9. The summed E-state index contributed by atoms with van der Waals surface area (Å²) in [6.07, 6.45) is 15.3. The van der Waals surface area contributed by atoms with E-state index in [0.29, 0.717) is 41.4 Å². The third-order valence-electron chi connectivity index (χ3n) is 10.6. The first-order chi connectivity index (χ1) is 23.4. The summed E-state index contributed by atoms with van der Waals surface area (Å²) in [7, 11) is 0. The lowest BCUT2D eigenvalue weighted by molar-refractivity contribution is -0.146. The van der Waals surface area contributed by atoms with E-state index in [4.69, 9.17) is 28.8 Å². The van der Waals surface area contributed by atoms with Crippen molar-refractivity contribution in [2.24, 2.45) is 5.92 Å². The van der Waals surface area contributed by atoms with E-state index in [2.05, 4.69) is 50.4 Å². The summed E-state index contributed by atoms with van der Waals surface area (Å²) >= 11 is 0. The number of ether oxygens (including phenoxy) is 5. The molecule has 5 rings (SSSR count). The molecule has 2 aliphatic carbocycles. The standard InChI is InChI=1S/C40H54O8/c1-4-5-6-7-30-8-10-31(11-9-30)32-12-14-33(15-13-32)34-16-18-35(19-17-34)36-20-21-37(45-27-48-40(25-47-40)29(3)24-42)38(22-36)44-26-46-39(43)28(2)23-41/h12-15,20-22,30-31,34-35,41-42H,2-11,16-19,23-27H2,1H3. The Balaban J connectivity index is 1.15. The van der Waals surface area contributed by atoms with Crippen molar-refractivity contribution in [2.45, 2.75) is 108 Å². The zero-order valence-corrected chi connectivity index (χ0v) is 28.6. The van der Waals surface area contributed by atoms with Crippen LogP contribution in [0.2, 0.25) is 0 Å². The molecule has 1 heterocycles. The quantitative estimate of drug-likeness (QED) is 0.0413. The van der Waals surface area contributed by atoms with Gasteiger partial charge in [0, 0.05) is 5.57 Å². The highest BCUT2D eigenvalue weighted by Gasteiger charge is 2.49. The molecule has 2 aromatic rings. The van der Waals surface area contributed by atoms with Crippen molar-refractivity contribution < 1.29 is 38.7 Å². The minimum absolute atomic E-state index is 0.0530. The lowest BCUT2D eigenvalue weighted by atomic mass is 9.75. The van der Waals surface area contributed by atoms with Crippen LogP contribution in [0.5, 0.6) is 11.5 Å². The van der Waals surface area contributed by atoms with E-state index in [-0.39, 0.29) is 25.8 Å². The van der Waals surface area contributed by atoms with Gasteiger partial charge in [-0.15, -0.1) is 0 Å². The van der Waals surface area contributed by atoms with Crippen LogP contribution in [0.1, 0.15) is 118 Å². The molecule has 0 aromatic heterocycles. The number of carbonyl (C=O) groups is 1. The van der Waals surface area contributed by atoms with E-state index in [1.165, 1.54) is 62.5 Å². The molecule has 2 saturated carbocycles. The number of esters is 1. The van der Waals surface area contributed by atoms with E-state index in [1.807, 2.05) is 12.1 Å². The fourth-order valence-corrected chi connectivity index (χ4v) is 7.36. The van der Waals surface area contributed by atoms with Crippen molar-refractivity contribution in [3.05, 3.63) is 83.5 Å². The predicted molar refractivity (Wildman–Crippen MR) is 185 cm³/mol. The molecule has 2 aromatic carbocycles. The van der Waals surface area contributed by atoms with Crippen LogP contribution in [-0.2, 0) is 19.0 Å². The van der Waals surface area contributed by atoms with Gasteiger partial charge in [0.15, 0.2) is 18.3 Å². The fraction of sp³-hybridized carbons (Fsp3) is 0.575. The number of epoxide rings is 1. The van der Waals surface area contributed by atoms with Gasteiger partial charge in [0.25, 0.3) is 0 Å². The number of hydrogen-bond donors (Lipinski definition) is 2. The highest BCUT2D eigenvalue weighted by atomic mass is 16.8. The smallest absolute Gasteiger partial charge is 0.338 e. The summed E-state index contributed by atoms with van der Waals surface area (Å²) in [4.78, 5) is 12.0. The second-order valence-electron chi connectivity index (χ2n) is 13.8. The SMILES string of the molecule is C=C(CO)C(=O)OCOc1cc(C2CCC(c3ccc(C4CCC(CCCCC)CC4)cc3)CC2)ccc1OCOC1(C(=C)CO)CO1. The van der Waals surface area contributed by atoms with Crippen molar-refractivity contribution >= 4 is 5.97 Å². The highest BCUT2D eigenvalue weighted by molar-refractivity contribution is 5.87. The molecule has 3 fully saturated rings. The van der Waals surface area contributed by atoms with Gasteiger partial charge >= 0.3 is 5.97 Å². The lowest BCUT2D eigenvalue weighted by Crippen LogP contribution is -2.23. The molecule has 0 radical (unpaired) electrons. The summed E-state index contributed by atoms with van der Waals surface area (Å²) in [5, 5.41) is 18.6. The Bertz CT molecular complexity index is 1350. The van der Waals surface area contributed by atoms with Crippen LogP contribution in [0.25, 0.3) is 0 Å². The Kier molecular flexibility index (Phi) is 13.1. The summed E-state index contributed by atoms with van der Waals surface area (Å²) in [5.74, 6) is 1.66. The Labute approximate surface area is 286 Å². The average molecular weight is 663 g/mol. The summed E-state index contributed by atoms with van der Waals surface area (Å²) in [6.45, 7) is 8.62.